The van der Waals surface area contributed by atoms with Crippen molar-refractivity contribution in [3.63, 3.8) is 0 Å². The topological polar surface area (TPSA) is 42.7 Å². The number of ether oxygens (including phenoxy) is 1. The van der Waals surface area contributed by atoms with Crippen molar-refractivity contribution in [2.75, 3.05) is 26.2 Å². The largest absolute Gasteiger partial charge is 0.491 e. The van der Waals surface area contributed by atoms with Crippen LogP contribution in [0.25, 0.3) is 22.1 Å². The SMILES string of the molecule is CCN(CC)CCOc1c(-c2ccccc2)c(=O)oc2ccccc12. The Morgan fingerprint density at radius 1 is 0.960 bits per heavy atom. The van der Waals surface area contributed by atoms with Crippen molar-refractivity contribution in [1.82, 2.24) is 4.90 Å². The van der Waals surface area contributed by atoms with Crippen LogP contribution in [0.15, 0.2) is 63.8 Å². The number of likely N-dealkylation sites (N-methyl/N-ethyl adjacent to an activating group) is 1. The summed E-state index contributed by atoms with van der Waals surface area (Å²) < 4.78 is 11.6. The Morgan fingerprint density at radius 2 is 1.64 bits per heavy atom. The fourth-order valence-corrected chi connectivity index (χ4v) is 2.94. The van der Waals surface area contributed by atoms with Gasteiger partial charge in [-0.05, 0) is 30.8 Å². The van der Waals surface area contributed by atoms with Crippen LogP contribution in [0.1, 0.15) is 13.8 Å². The van der Waals surface area contributed by atoms with Gasteiger partial charge in [0.15, 0.2) is 0 Å². The first-order valence-corrected chi connectivity index (χ1v) is 8.71. The van der Waals surface area contributed by atoms with E-state index in [9.17, 15) is 4.79 Å². The van der Waals surface area contributed by atoms with E-state index in [0.717, 1.165) is 30.6 Å². The molecule has 0 aliphatic rings. The average Bonchev–Trinajstić information content (AvgIpc) is 2.65. The second kappa shape index (κ2) is 7.99. The molecule has 0 radical (unpaired) electrons. The first-order chi connectivity index (χ1) is 12.2. The minimum atomic E-state index is -0.372. The van der Waals surface area contributed by atoms with Gasteiger partial charge in [-0.1, -0.05) is 56.3 Å². The number of fused-ring (bicyclic) bond motifs is 1. The van der Waals surface area contributed by atoms with Gasteiger partial charge in [0.2, 0.25) is 0 Å². The Kier molecular flexibility index (Phi) is 5.51. The molecule has 0 fully saturated rings. The summed E-state index contributed by atoms with van der Waals surface area (Å²) in [5, 5.41) is 0.820. The maximum absolute atomic E-state index is 12.6. The Bertz CT molecular complexity index is 883. The van der Waals surface area contributed by atoms with Gasteiger partial charge in [-0.3, -0.25) is 0 Å². The molecule has 2 aromatic carbocycles. The third-order valence-corrected chi connectivity index (χ3v) is 4.38. The minimum absolute atomic E-state index is 0.372. The Labute approximate surface area is 147 Å². The highest BCUT2D eigenvalue weighted by Gasteiger charge is 2.17. The molecule has 0 bridgehead atoms. The van der Waals surface area contributed by atoms with Crippen LogP contribution in [0.4, 0.5) is 0 Å². The summed E-state index contributed by atoms with van der Waals surface area (Å²) in [5.74, 6) is 0.602. The van der Waals surface area contributed by atoms with Crippen LogP contribution in [0.5, 0.6) is 5.75 Å². The van der Waals surface area contributed by atoms with Crippen LogP contribution in [-0.4, -0.2) is 31.1 Å². The van der Waals surface area contributed by atoms with Crippen LogP contribution < -0.4 is 10.4 Å². The highest BCUT2D eigenvalue weighted by atomic mass is 16.5. The maximum Gasteiger partial charge on any atom is 0.347 e. The summed E-state index contributed by atoms with van der Waals surface area (Å²) in [5.41, 5.74) is 1.46. The monoisotopic (exact) mass is 337 g/mol. The molecule has 0 N–H and O–H groups in total. The predicted octanol–water partition coefficient (Wildman–Crippen LogP) is 4.18. The smallest absolute Gasteiger partial charge is 0.347 e. The molecule has 130 valence electrons. The van der Waals surface area contributed by atoms with Gasteiger partial charge >= 0.3 is 5.63 Å². The molecule has 0 aliphatic heterocycles. The molecule has 0 saturated carbocycles. The van der Waals surface area contributed by atoms with Crippen LogP contribution in [0.2, 0.25) is 0 Å². The van der Waals surface area contributed by atoms with Gasteiger partial charge in [0, 0.05) is 6.54 Å². The quantitative estimate of drug-likeness (QED) is 0.607. The van der Waals surface area contributed by atoms with Gasteiger partial charge in [0.05, 0.1) is 5.39 Å². The summed E-state index contributed by atoms with van der Waals surface area (Å²) in [6.45, 7) is 7.55. The van der Waals surface area contributed by atoms with E-state index in [-0.39, 0.29) is 5.63 Å². The maximum atomic E-state index is 12.6. The van der Waals surface area contributed by atoms with E-state index < -0.39 is 0 Å². The van der Waals surface area contributed by atoms with E-state index in [1.165, 1.54) is 0 Å². The van der Waals surface area contributed by atoms with Crippen LogP contribution >= 0.6 is 0 Å². The van der Waals surface area contributed by atoms with Crippen molar-refractivity contribution in [2.24, 2.45) is 0 Å². The Hall–Kier alpha value is -2.59. The summed E-state index contributed by atoms with van der Waals surface area (Å²) in [4.78, 5) is 14.9. The number of rotatable bonds is 7. The molecular weight excluding hydrogens is 314 g/mol. The fraction of sp³-hybridized carbons (Fsp3) is 0.286. The van der Waals surface area contributed by atoms with Gasteiger partial charge in [0.1, 0.15) is 23.5 Å². The van der Waals surface area contributed by atoms with E-state index in [0.29, 0.717) is 23.5 Å². The first-order valence-electron chi connectivity index (χ1n) is 8.71. The Balaban J connectivity index is 2.05. The second-order valence-corrected chi connectivity index (χ2v) is 5.83. The normalized spacial score (nSPS) is 11.2. The lowest BCUT2D eigenvalue weighted by Crippen LogP contribution is -2.28. The molecular formula is C21H23NO3. The molecule has 0 aliphatic carbocycles. The number of para-hydroxylation sites is 1. The molecule has 1 aromatic heterocycles. The molecule has 4 heteroatoms. The fourth-order valence-electron chi connectivity index (χ4n) is 2.94. The third-order valence-electron chi connectivity index (χ3n) is 4.38. The standard InChI is InChI=1S/C21H23NO3/c1-3-22(4-2)14-15-24-20-17-12-8-9-13-18(17)25-21(23)19(20)16-10-6-5-7-11-16/h5-13H,3-4,14-15H2,1-2H3. The molecule has 3 aromatic rings. The summed E-state index contributed by atoms with van der Waals surface area (Å²) in [6, 6.07) is 17.0. The molecule has 1 heterocycles. The number of hydrogen-bond donors (Lipinski definition) is 0. The van der Waals surface area contributed by atoms with E-state index in [1.807, 2.05) is 48.5 Å². The third kappa shape index (κ3) is 3.74. The number of nitrogens with zero attached hydrogens (tertiary/aromatic N) is 1. The number of hydrogen-bond acceptors (Lipinski definition) is 4. The lowest BCUT2D eigenvalue weighted by atomic mass is 10.0. The molecule has 0 unspecified atom stereocenters. The highest BCUT2D eigenvalue weighted by Crippen LogP contribution is 2.34. The molecule has 0 atom stereocenters. The van der Waals surface area contributed by atoms with E-state index >= 15 is 0 Å². The Morgan fingerprint density at radius 3 is 2.36 bits per heavy atom. The van der Waals surface area contributed by atoms with Gasteiger partial charge in [-0.15, -0.1) is 0 Å². The molecule has 0 saturated heterocycles. The lowest BCUT2D eigenvalue weighted by Gasteiger charge is -2.19. The van der Waals surface area contributed by atoms with E-state index in [2.05, 4.69) is 18.7 Å². The molecule has 3 rings (SSSR count). The van der Waals surface area contributed by atoms with Gasteiger partial charge < -0.3 is 14.1 Å². The first kappa shape index (κ1) is 17.2. The average molecular weight is 337 g/mol. The van der Waals surface area contributed by atoms with Crippen molar-refractivity contribution >= 4 is 11.0 Å². The van der Waals surface area contributed by atoms with Crippen molar-refractivity contribution in [1.29, 1.82) is 0 Å². The summed E-state index contributed by atoms with van der Waals surface area (Å²) in [6.07, 6.45) is 0. The molecule has 4 nitrogen and oxygen atoms in total. The molecule has 0 amide bonds. The van der Waals surface area contributed by atoms with Crippen molar-refractivity contribution in [3.8, 4) is 16.9 Å². The molecule has 25 heavy (non-hydrogen) atoms. The van der Waals surface area contributed by atoms with Crippen LogP contribution in [0.3, 0.4) is 0 Å². The number of benzene rings is 2. The second-order valence-electron chi connectivity index (χ2n) is 5.83. The van der Waals surface area contributed by atoms with Crippen molar-refractivity contribution < 1.29 is 9.15 Å². The zero-order valence-corrected chi connectivity index (χ0v) is 14.7. The zero-order chi connectivity index (χ0) is 17.6. The van der Waals surface area contributed by atoms with Crippen molar-refractivity contribution in [2.45, 2.75) is 13.8 Å². The van der Waals surface area contributed by atoms with Gasteiger partial charge in [-0.2, -0.15) is 0 Å². The lowest BCUT2D eigenvalue weighted by molar-refractivity contribution is 0.224. The van der Waals surface area contributed by atoms with Crippen LogP contribution in [0, 0.1) is 0 Å². The van der Waals surface area contributed by atoms with Crippen LogP contribution in [-0.2, 0) is 0 Å². The van der Waals surface area contributed by atoms with E-state index in [4.69, 9.17) is 9.15 Å². The highest BCUT2D eigenvalue weighted by molar-refractivity contribution is 5.90. The minimum Gasteiger partial charge on any atom is -0.491 e. The summed E-state index contributed by atoms with van der Waals surface area (Å²) in [7, 11) is 0. The van der Waals surface area contributed by atoms with E-state index in [1.54, 1.807) is 6.07 Å². The van der Waals surface area contributed by atoms with Gasteiger partial charge in [-0.25, -0.2) is 4.79 Å². The summed E-state index contributed by atoms with van der Waals surface area (Å²) >= 11 is 0. The van der Waals surface area contributed by atoms with Gasteiger partial charge in [0.25, 0.3) is 0 Å². The zero-order valence-electron chi connectivity index (χ0n) is 14.7. The predicted molar refractivity (Wildman–Crippen MR) is 101 cm³/mol. The van der Waals surface area contributed by atoms with Crippen molar-refractivity contribution in [3.05, 3.63) is 65.0 Å². The molecule has 0 spiro atoms.